The highest BCUT2D eigenvalue weighted by molar-refractivity contribution is 14.1. The molecule has 0 fully saturated rings. The summed E-state index contributed by atoms with van der Waals surface area (Å²) in [6.45, 7) is 0.415. The van der Waals surface area contributed by atoms with Crippen LogP contribution in [-0.4, -0.2) is 24.5 Å². The Morgan fingerprint density at radius 1 is 1.30 bits per heavy atom. The zero-order valence-electron chi connectivity index (χ0n) is 12.4. The molecule has 2 aromatic rings. The van der Waals surface area contributed by atoms with Crippen LogP contribution in [0.2, 0.25) is 0 Å². The largest absolute Gasteiger partial charge is 0.496 e. The molecule has 0 saturated heterocycles. The maximum absolute atomic E-state index is 12.2. The van der Waals surface area contributed by atoms with Gasteiger partial charge in [0.05, 0.1) is 17.6 Å². The molecule has 1 N–H and O–H groups in total. The maximum atomic E-state index is 12.2. The molecular weight excluding hydrogens is 411 g/mol. The molecule has 0 atom stereocenters. The molecule has 0 aromatic heterocycles. The van der Waals surface area contributed by atoms with Crippen molar-refractivity contribution in [2.75, 3.05) is 13.7 Å². The normalized spacial score (nSPS) is 10.2. The second-order valence-electron chi connectivity index (χ2n) is 4.74. The van der Waals surface area contributed by atoms with Crippen molar-refractivity contribution in [3.63, 3.8) is 0 Å². The molecule has 23 heavy (non-hydrogen) atoms. The van der Waals surface area contributed by atoms with E-state index in [1.807, 2.05) is 46.9 Å². The number of carbonyl (C=O) groups excluding carboxylic acids is 1. The van der Waals surface area contributed by atoms with Crippen LogP contribution in [0.1, 0.15) is 15.9 Å². The Balaban J connectivity index is 2.03. The molecule has 0 bridgehead atoms. The molecule has 0 spiro atoms. The van der Waals surface area contributed by atoms with Crippen molar-refractivity contribution in [3.8, 4) is 5.75 Å². The van der Waals surface area contributed by atoms with Gasteiger partial charge < -0.3 is 10.1 Å². The van der Waals surface area contributed by atoms with E-state index in [-0.39, 0.29) is 11.6 Å². The Morgan fingerprint density at radius 3 is 2.74 bits per heavy atom. The van der Waals surface area contributed by atoms with Crippen LogP contribution in [0.25, 0.3) is 0 Å². The number of rotatable bonds is 6. The van der Waals surface area contributed by atoms with Crippen molar-refractivity contribution in [1.82, 2.24) is 5.32 Å². The first kappa shape index (κ1) is 17.2. The summed E-state index contributed by atoms with van der Waals surface area (Å²) < 4.78 is 5.93. The number of nitrogens with one attached hydrogen (secondary N) is 1. The van der Waals surface area contributed by atoms with Crippen molar-refractivity contribution in [1.29, 1.82) is 0 Å². The fourth-order valence-electron chi connectivity index (χ4n) is 2.12. The molecule has 0 aliphatic carbocycles. The Kier molecular flexibility index (Phi) is 5.91. The number of ether oxygens (including phenoxy) is 1. The summed E-state index contributed by atoms with van der Waals surface area (Å²) in [5.74, 6) is 0.444. The highest BCUT2D eigenvalue weighted by Crippen LogP contribution is 2.20. The first-order chi connectivity index (χ1) is 11.0. The molecule has 0 aliphatic heterocycles. The van der Waals surface area contributed by atoms with E-state index in [0.717, 1.165) is 11.3 Å². The maximum Gasteiger partial charge on any atom is 0.270 e. The highest BCUT2D eigenvalue weighted by Gasteiger charge is 2.15. The van der Waals surface area contributed by atoms with Gasteiger partial charge in [0, 0.05) is 22.2 Å². The number of nitrogens with zero attached hydrogens (tertiary/aromatic N) is 1. The number of para-hydroxylation sites is 1. The lowest BCUT2D eigenvalue weighted by Gasteiger charge is -2.10. The summed E-state index contributed by atoms with van der Waals surface area (Å²) in [4.78, 5) is 22.5. The molecule has 0 aliphatic rings. The minimum atomic E-state index is -0.512. The van der Waals surface area contributed by atoms with E-state index < -0.39 is 4.92 Å². The Labute approximate surface area is 147 Å². The van der Waals surface area contributed by atoms with Gasteiger partial charge in [-0.05, 0) is 46.7 Å². The first-order valence-corrected chi connectivity index (χ1v) is 7.95. The standard InChI is InChI=1S/C16H15IN2O4/c1-23-15-5-3-2-4-11(15)8-9-18-16(20)13-10-12(19(21)22)6-7-14(13)17/h2-7,10H,8-9H2,1H3,(H,18,20). The third-order valence-electron chi connectivity index (χ3n) is 3.28. The second kappa shape index (κ2) is 7.91. The fraction of sp³-hybridized carbons (Fsp3) is 0.188. The third-order valence-corrected chi connectivity index (χ3v) is 4.22. The number of benzene rings is 2. The van der Waals surface area contributed by atoms with Gasteiger partial charge in [-0.15, -0.1) is 0 Å². The number of nitro groups is 1. The number of halogens is 1. The summed E-state index contributed by atoms with van der Waals surface area (Å²) in [5.41, 5.74) is 1.20. The van der Waals surface area contributed by atoms with Crippen molar-refractivity contribution in [3.05, 3.63) is 67.3 Å². The SMILES string of the molecule is COc1ccccc1CCNC(=O)c1cc([N+](=O)[O-])ccc1I. The zero-order chi connectivity index (χ0) is 16.8. The predicted octanol–water partition coefficient (Wildman–Crippen LogP) is 3.18. The van der Waals surface area contributed by atoms with Gasteiger partial charge in [-0.1, -0.05) is 18.2 Å². The molecular formula is C16H15IN2O4. The third kappa shape index (κ3) is 4.41. The van der Waals surface area contributed by atoms with Crippen LogP contribution in [0.4, 0.5) is 5.69 Å². The average Bonchev–Trinajstić information content (AvgIpc) is 2.55. The number of non-ortho nitro benzene ring substituents is 1. The van der Waals surface area contributed by atoms with E-state index in [1.54, 1.807) is 13.2 Å². The van der Waals surface area contributed by atoms with Crippen LogP contribution in [0.15, 0.2) is 42.5 Å². The van der Waals surface area contributed by atoms with Crippen LogP contribution in [0.5, 0.6) is 5.75 Å². The Morgan fingerprint density at radius 2 is 2.04 bits per heavy atom. The van der Waals surface area contributed by atoms with E-state index in [4.69, 9.17) is 4.74 Å². The fourth-order valence-corrected chi connectivity index (χ4v) is 2.70. The second-order valence-corrected chi connectivity index (χ2v) is 5.90. The van der Waals surface area contributed by atoms with Gasteiger partial charge in [0.15, 0.2) is 0 Å². The molecule has 2 rings (SSSR count). The van der Waals surface area contributed by atoms with E-state index in [0.29, 0.717) is 22.1 Å². The molecule has 0 heterocycles. The van der Waals surface area contributed by atoms with E-state index in [9.17, 15) is 14.9 Å². The van der Waals surface area contributed by atoms with Crippen LogP contribution in [0, 0.1) is 13.7 Å². The lowest BCUT2D eigenvalue weighted by Crippen LogP contribution is -2.26. The molecule has 0 saturated carbocycles. The van der Waals surface area contributed by atoms with Crippen LogP contribution >= 0.6 is 22.6 Å². The number of amides is 1. The summed E-state index contributed by atoms with van der Waals surface area (Å²) >= 11 is 1.99. The van der Waals surface area contributed by atoms with Crippen molar-refractivity contribution in [2.45, 2.75) is 6.42 Å². The zero-order valence-corrected chi connectivity index (χ0v) is 14.6. The lowest BCUT2D eigenvalue weighted by molar-refractivity contribution is -0.384. The van der Waals surface area contributed by atoms with E-state index in [2.05, 4.69) is 5.32 Å². The lowest BCUT2D eigenvalue weighted by atomic mass is 10.1. The molecule has 2 aromatic carbocycles. The number of hydrogen-bond donors (Lipinski definition) is 1. The molecule has 0 unspecified atom stereocenters. The minimum Gasteiger partial charge on any atom is -0.496 e. The number of nitro benzene ring substituents is 1. The monoisotopic (exact) mass is 426 g/mol. The van der Waals surface area contributed by atoms with Crippen molar-refractivity contribution < 1.29 is 14.5 Å². The highest BCUT2D eigenvalue weighted by atomic mass is 127. The van der Waals surface area contributed by atoms with Gasteiger partial charge >= 0.3 is 0 Å². The van der Waals surface area contributed by atoms with Gasteiger partial charge in [-0.3, -0.25) is 14.9 Å². The smallest absolute Gasteiger partial charge is 0.270 e. The van der Waals surface area contributed by atoms with Crippen molar-refractivity contribution >= 4 is 34.2 Å². The van der Waals surface area contributed by atoms with Crippen LogP contribution < -0.4 is 10.1 Å². The Bertz CT molecular complexity index is 734. The van der Waals surface area contributed by atoms with Gasteiger partial charge in [0.25, 0.3) is 11.6 Å². The van der Waals surface area contributed by atoms with Gasteiger partial charge in [-0.25, -0.2) is 0 Å². The van der Waals surface area contributed by atoms with E-state index in [1.165, 1.54) is 12.1 Å². The van der Waals surface area contributed by atoms with Crippen molar-refractivity contribution in [2.24, 2.45) is 0 Å². The van der Waals surface area contributed by atoms with Gasteiger partial charge in [0.2, 0.25) is 0 Å². The average molecular weight is 426 g/mol. The van der Waals surface area contributed by atoms with Crippen LogP contribution in [-0.2, 0) is 6.42 Å². The van der Waals surface area contributed by atoms with Gasteiger partial charge in [-0.2, -0.15) is 0 Å². The molecule has 1 amide bonds. The Hall–Kier alpha value is -2.16. The molecule has 7 heteroatoms. The van der Waals surface area contributed by atoms with Crippen LogP contribution in [0.3, 0.4) is 0 Å². The summed E-state index contributed by atoms with van der Waals surface area (Å²) in [5, 5.41) is 13.6. The first-order valence-electron chi connectivity index (χ1n) is 6.87. The summed E-state index contributed by atoms with van der Waals surface area (Å²) in [6.07, 6.45) is 0.612. The quantitative estimate of drug-likeness (QED) is 0.437. The topological polar surface area (TPSA) is 81.5 Å². The van der Waals surface area contributed by atoms with Gasteiger partial charge in [0.1, 0.15) is 5.75 Å². The summed E-state index contributed by atoms with van der Waals surface area (Å²) in [6, 6.07) is 11.8. The number of methoxy groups -OCH3 is 1. The predicted molar refractivity (Wildman–Crippen MR) is 94.8 cm³/mol. The number of carbonyl (C=O) groups is 1. The molecule has 6 nitrogen and oxygen atoms in total. The number of hydrogen-bond acceptors (Lipinski definition) is 4. The molecule has 120 valence electrons. The van der Waals surface area contributed by atoms with E-state index >= 15 is 0 Å². The summed E-state index contributed by atoms with van der Waals surface area (Å²) in [7, 11) is 1.60. The minimum absolute atomic E-state index is 0.0969. The molecule has 0 radical (unpaired) electrons.